The number of hydrazine groups is 2. The quantitative estimate of drug-likeness (QED) is 0.463. The number of carboxylic acid groups (broad SMARTS) is 1. The van der Waals surface area contributed by atoms with Crippen molar-refractivity contribution >= 4 is 5.97 Å². The third kappa shape index (κ3) is 3.18. The molecule has 0 atom stereocenters. The molecule has 1 fully saturated rings. The van der Waals surface area contributed by atoms with Crippen molar-refractivity contribution in [2.24, 2.45) is 0 Å². The second-order valence-electron chi connectivity index (χ2n) is 4.32. The normalized spacial score (nSPS) is 17.6. The van der Waals surface area contributed by atoms with Crippen LogP contribution in [0.5, 0.6) is 0 Å². The van der Waals surface area contributed by atoms with Gasteiger partial charge < -0.3 is 5.11 Å². The van der Waals surface area contributed by atoms with Gasteiger partial charge in [-0.25, -0.2) is 20.2 Å². The van der Waals surface area contributed by atoms with Crippen molar-refractivity contribution in [3.05, 3.63) is 30.3 Å². The van der Waals surface area contributed by atoms with Gasteiger partial charge in [0, 0.05) is 11.3 Å². The highest BCUT2D eigenvalue weighted by atomic mass is 16.7. The number of nitro groups is 3. The second kappa shape index (κ2) is 5.50. The van der Waals surface area contributed by atoms with Crippen LogP contribution >= 0.6 is 0 Å². The minimum absolute atomic E-state index is 0.330. The lowest BCUT2D eigenvalue weighted by atomic mass is 9.92. The van der Waals surface area contributed by atoms with Gasteiger partial charge in [-0.05, 0) is 0 Å². The van der Waals surface area contributed by atoms with Gasteiger partial charge >= 0.3 is 5.97 Å². The fourth-order valence-corrected chi connectivity index (χ4v) is 1.94. The van der Waals surface area contributed by atoms with Crippen molar-refractivity contribution in [1.29, 1.82) is 0 Å². The van der Waals surface area contributed by atoms with Crippen molar-refractivity contribution < 1.29 is 24.9 Å². The summed E-state index contributed by atoms with van der Waals surface area (Å²) in [4.78, 5) is 42.2. The van der Waals surface area contributed by atoms with E-state index in [1.807, 2.05) is 0 Å². The number of carboxylic acids is 1. The fourth-order valence-electron chi connectivity index (χ4n) is 1.94. The van der Waals surface area contributed by atoms with E-state index in [1.165, 1.54) is 0 Å². The van der Waals surface area contributed by atoms with Gasteiger partial charge in [-0.2, -0.15) is 0 Å². The number of hydrogen-bond donors (Lipinski definition) is 1. The molecule has 20 heavy (non-hydrogen) atoms. The summed E-state index contributed by atoms with van der Waals surface area (Å²) in [6.07, 6.45) is -1.15. The molecule has 1 aliphatic rings. The summed E-state index contributed by atoms with van der Waals surface area (Å²) in [6.45, 7) is -2.09. The van der Waals surface area contributed by atoms with Crippen LogP contribution < -0.4 is 0 Å². The number of nitrogens with zero attached hydrogens (tertiary/aromatic N) is 5. The van der Waals surface area contributed by atoms with Crippen LogP contribution in [0.25, 0.3) is 0 Å². The molecule has 0 amide bonds. The molecule has 112 valence electrons. The van der Waals surface area contributed by atoms with E-state index in [4.69, 9.17) is 5.11 Å². The van der Waals surface area contributed by atoms with Gasteiger partial charge in [0.05, 0.1) is 6.42 Å². The molecular weight excluding hydrogens is 282 g/mol. The smallest absolute Gasteiger partial charge is 0.303 e. The van der Waals surface area contributed by atoms with E-state index in [0.717, 1.165) is 0 Å². The Morgan fingerprint density at radius 1 is 1.10 bits per heavy atom. The first-order valence-electron chi connectivity index (χ1n) is 5.33. The minimum Gasteiger partial charge on any atom is -0.481 e. The maximum absolute atomic E-state index is 11.1. The van der Waals surface area contributed by atoms with Crippen LogP contribution in [0, 0.1) is 30.3 Å². The Labute approximate surface area is 110 Å². The lowest BCUT2D eigenvalue weighted by Gasteiger charge is -2.34. The number of hydrogen-bond acceptors (Lipinski definition) is 7. The van der Waals surface area contributed by atoms with Crippen LogP contribution in [0.15, 0.2) is 0 Å². The first-order valence-corrected chi connectivity index (χ1v) is 5.33. The van der Waals surface area contributed by atoms with E-state index in [0.29, 0.717) is 10.0 Å². The van der Waals surface area contributed by atoms with Crippen molar-refractivity contribution in [3.8, 4) is 0 Å². The topological polar surface area (TPSA) is 173 Å². The monoisotopic (exact) mass is 293 g/mol. The number of rotatable bonds is 6. The Kier molecular flexibility index (Phi) is 4.21. The van der Waals surface area contributed by atoms with Crippen molar-refractivity contribution in [1.82, 2.24) is 10.0 Å². The molecule has 13 nitrogen and oxygen atoms in total. The van der Waals surface area contributed by atoms with Crippen LogP contribution in [-0.4, -0.2) is 61.4 Å². The fraction of sp³-hybridized carbons (Fsp3) is 0.857. The Morgan fingerprint density at radius 2 is 1.55 bits per heavy atom. The Bertz CT molecular complexity index is 430. The van der Waals surface area contributed by atoms with E-state index in [9.17, 15) is 35.1 Å². The van der Waals surface area contributed by atoms with Crippen LogP contribution in [0.3, 0.4) is 0 Å². The number of carbonyl (C=O) groups is 1. The molecule has 0 unspecified atom stereocenters. The molecule has 1 aliphatic heterocycles. The maximum Gasteiger partial charge on any atom is 0.303 e. The SMILES string of the molecule is O=C(O)CCC1([N+](=O)[O-])CN([N+](=O)[O-])CN([N+](=O)[O-])C1. The molecule has 0 aromatic rings. The zero-order valence-electron chi connectivity index (χ0n) is 10.1. The third-order valence-corrected chi connectivity index (χ3v) is 2.93. The Morgan fingerprint density at radius 3 is 1.85 bits per heavy atom. The van der Waals surface area contributed by atoms with Gasteiger partial charge in [-0.15, -0.1) is 0 Å². The molecule has 0 spiro atoms. The van der Waals surface area contributed by atoms with E-state index >= 15 is 0 Å². The molecule has 13 heteroatoms. The van der Waals surface area contributed by atoms with E-state index in [-0.39, 0.29) is 0 Å². The molecule has 0 radical (unpaired) electrons. The summed E-state index contributed by atoms with van der Waals surface area (Å²) in [6, 6.07) is 0. The van der Waals surface area contributed by atoms with Crippen LogP contribution in [0.4, 0.5) is 0 Å². The highest BCUT2D eigenvalue weighted by Gasteiger charge is 2.55. The van der Waals surface area contributed by atoms with Gasteiger partial charge in [0.2, 0.25) is 6.67 Å². The molecule has 0 bridgehead atoms. The molecule has 1 saturated heterocycles. The number of aliphatic carboxylic acids is 1. The van der Waals surface area contributed by atoms with Crippen LogP contribution in [0.1, 0.15) is 12.8 Å². The Balaban J connectivity index is 3.05. The van der Waals surface area contributed by atoms with Gasteiger partial charge in [0.25, 0.3) is 5.54 Å². The zero-order valence-corrected chi connectivity index (χ0v) is 10.1. The second-order valence-corrected chi connectivity index (χ2v) is 4.32. The Hall–Kier alpha value is -2.73. The molecule has 0 aromatic carbocycles. The lowest BCUT2D eigenvalue weighted by molar-refractivity contribution is -0.744. The van der Waals surface area contributed by atoms with Gasteiger partial charge in [-0.1, -0.05) is 10.0 Å². The van der Waals surface area contributed by atoms with Crippen molar-refractivity contribution in [3.63, 3.8) is 0 Å². The average Bonchev–Trinajstić information content (AvgIpc) is 2.35. The molecule has 1 N–H and O–H groups in total. The van der Waals surface area contributed by atoms with E-state index in [1.54, 1.807) is 0 Å². The first-order chi connectivity index (χ1) is 9.18. The van der Waals surface area contributed by atoms with Gasteiger partial charge in [0.15, 0.2) is 23.2 Å². The summed E-state index contributed by atoms with van der Waals surface area (Å²) in [5.74, 6) is -1.32. The summed E-state index contributed by atoms with van der Waals surface area (Å²) < 4.78 is 0. The molecule has 0 aromatic heterocycles. The molecular formula is C7H11N5O8. The first kappa shape index (κ1) is 15.3. The largest absolute Gasteiger partial charge is 0.481 e. The molecule has 1 heterocycles. The van der Waals surface area contributed by atoms with E-state index in [2.05, 4.69) is 0 Å². The third-order valence-electron chi connectivity index (χ3n) is 2.93. The summed E-state index contributed by atoms with van der Waals surface area (Å²) in [7, 11) is 0. The standard InChI is InChI=1S/C7H11N5O8/c13-6(14)1-2-7(10(15)16)3-8(11(17)18)5-9(4-7)12(19)20/h1-5H2,(H,13,14). The summed E-state index contributed by atoms with van der Waals surface area (Å²) in [5.41, 5.74) is -2.07. The average molecular weight is 293 g/mol. The minimum atomic E-state index is -2.07. The molecule has 0 aliphatic carbocycles. The summed E-state index contributed by atoms with van der Waals surface area (Å²) >= 11 is 0. The molecule has 1 rings (SSSR count). The van der Waals surface area contributed by atoms with Crippen LogP contribution in [0.2, 0.25) is 0 Å². The lowest BCUT2D eigenvalue weighted by Crippen LogP contribution is -2.65. The van der Waals surface area contributed by atoms with Crippen molar-refractivity contribution in [2.75, 3.05) is 19.8 Å². The van der Waals surface area contributed by atoms with E-state index < -0.39 is 59.1 Å². The zero-order chi connectivity index (χ0) is 15.5. The maximum atomic E-state index is 11.1. The highest BCUT2D eigenvalue weighted by molar-refractivity contribution is 5.66. The van der Waals surface area contributed by atoms with Crippen LogP contribution in [-0.2, 0) is 4.79 Å². The van der Waals surface area contributed by atoms with Gasteiger partial charge in [0.1, 0.15) is 0 Å². The van der Waals surface area contributed by atoms with Gasteiger partial charge in [-0.3, -0.25) is 14.9 Å². The summed E-state index contributed by atoms with van der Waals surface area (Å²) in [5, 5.41) is 39.8. The van der Waals surface area contributed by atoms with Crippen molar-refractivity contribution in [2.45, 2.75) is 18.4 Å². The predicted molar refractivity (Wildman–Crippen MR) is 58.9 cm³/mol. The molecule has 0 saturated carbocycles. The highest BCUT2D eigenvalue weighted by Crippen LogP contribution is 2.25. The predicted octanol–water partition coefficient (Wildman–Crippen LogP) is -1.17.